The highest BCUT2D eigenvalue weighted by atomic mass is 32.1. The SMILES string of the molecule is CCNC(=NCC(C)(O)c1ccsc1)NCCc1csc(C(C)C)n1. The summed E-state index contributed by atoms with van der Waals surface area (Å²) in [4.78, 5) is 9.19. The molecule has 3 N–H and O–H groups in total. The van der Waals surface area contributed by atoms with E-state index in [1.807, 2.05) is 23.8 Å². The Bertz CT molecular complexity index is 662. The quantitative estimate of drug-likeness (QED) is 0.485. The molecule has 138 valence electrons. The third-order valence-electron chi connectivity index (χ3n) is 3.77. The molecule has 0 bridgehead atoms. The second-order valence-electron chi connectivity index (χ2n) is 6.49. The molecule has 0 fully saturated rings. The van der Waals surface area contributed by atoms with Gasteiger partial charge in [-0.25, -0.2) is 9.98 Å². The molecule has 25 heavy (non-hydrogen) atoms. The number of aliphatic imine (C=N–C) groups is 1. The van der Waals surface area contributed by atoms with E-state index in [-0.39, 0.29) is 0 Å². The lowest BCUT2D eigenvalue weighted by atomic mass is 10.00. The Morgan fingerprint density at radius 1 is 1.36 bits per heavy atom. The Kier molecular flexibility index (Phi) is 7.40. The number of thiophene rings is 1. The Morgan fingerprint density at radius 2 is 2.16 bits per heavy atom. The topological polar surface area (TPSA) is 69.5 Å². The first-order valence-corrected chi connectivity index (χ1v) is 10.5. The second-order valence-corrected chi connectivity index (χ2v) is 8.16. The van der Waals surface area contributed by atoms with Crippen LogP contribution < -0.4 is 10.6 Å². The van der Waals surface area contributed by atoms with Crippen LogP contribution in [-0.4, -0.2) is 35.7 Å². The average Bonchev–Trinajstić information content (AvgIpc) is 3.24. The Hall–Kier alpha value is -1.44. The molecule has 0 aromatic carbocycles. The maximum Gasteiger partial charge on any atom is 0.191 e. The highest BCUT2D eigenvalue weighted by molar-refractivity contribution is 7.09. The van der Waals surface area contributed by atoms with Gasteiger partial charge in [-0.2, -0.15) is 11.3 Å². The third-order valence-corrected chi connectivity index (χ3v) is 5.65. The molecule has 2 rings (SSSR count). The van der Waals surface area contributed by atoms with Crippen LogP contribution in [0.1, 0.15) is 49.9 Å². The van der Waals surface area contributed by atoms with E-state index < -0.39 is 5.60 Å². The molecule has 2 heterocycles. The van der Waals surface area contributed by atoms with Gasteiger partial charge in [-0.3, -0.25) is 0 Å². The Labute approximate surface area is 158 Å². The summed E-state index contributed by atoms with van der Waals surface area (Å²) in [6.07, 6.45) is 0.856. The van der Waals surface area contributed by atoms with Crippen molar-refractivity contribution >= 4 is 28.6 Å². The zero-order valence-corrected chi connectivity index (χ0v) is 17.0. The molecule has 0 saturated carbocycles. The summed E-state index contributed by atoms with van der Waals surface area (Å²) in [5.74, 6) is 1.20. The van der Waals surface area contributed by atoms with Gasteiger partial charge in [0.2, 0.25) is 0 Å². The summed E-state index contributed by atoms with van der Waals surface area (Å²) >= 11 is 3.30. The van der Waals surface area contributed by atoms with Gasteiger partial charge < -0.3 is 15.7 Å². The summed E-state index contributed by atoms with van der Waals surface area (Å²) < 4.78 is 0. The number of aromatic nitrogens is 1. The maximum absolute atomic E-state index is 10.6. The summed E-state index contributed by atoms with van der Waals surface area (Å²) in [6.45, 7) is 10.0. The van der Waals surface area contributed by atoms with Gasteiger partial charge in [0.05, 0.1) is 17.2 Å². The number of nitrogens with one attached hydrogen (secondary N) is 2. The van der Waals surface area contributed by atoms with E-state index >= 15 is 0 Å². The predicted octanol–water partition coefficient (Wildman–Crippen LogP) is 3.33. The number of hydrogen-bond donors (Lipinski definition) is 3. The fraction of sp³-hybridized carbons (Fsp3) is 0.556. The highest BCUT2D eigenvalue weighted by Crippen LogP contribution is 2.23. The van der Waals surface area contributed by atoms with Crippen molar-refractivity contribution < 1.29 is 5.11 Å². The minimum Gasteiger partial charge on any atom is -0.383 e. The van der Waals surface area contributed by atoms with Crippen LogP contribution in [0.15, 0.2) is 27.2 Å². The molecular weight excluding hydrogens is 352 g/mol. The summed E-state index contributed by atoms with van der Waals surface area (Å²) in [6, 6.07) is 1.94. The fourth-order valence-corrected chi connectivity index (χ4v) is 3.90. The Morgan fingerprint density at radius 3 is 2.76 bits per heavy atom. The molecule has 0 amide bonds. The number of aliphatic hydroxyl groups is 1. The molecule has 5 nitrogen and oxygen atoms in total. The first-order chi connectivity index (χ1) is 11.9. The third kappa shape index (κ3) is 6.09. The minimum atomic E-state index is -0.955. The average molecular weight is 381 g/mol. The van der Waals surface area contributed by atoms with Crippen molar-refractivity contribution in [2.24, 2.45) is 4.99 Å². The standard InChI is InChI=1S/C18H28N4OS2/c1-5-19-17(21-12-18(4,23)14-7-9-24-10-14)20-8-6-15-11-25-16(22-15)13(2)3/h7,9-11,13,23H,5-6,8,12H2,1-4H3,(H2,19,20,21). The highest BCUT2D eigenvalue weighted by Gasteiger charge is 2.23. The zero-order valence-electron chi connectivity index (χ0n) is 15.4. The molecule has 2 aromatic rings. The van der Waals surface area contributed by atoms with Gasteiger partial charge in [0.25, 0.3) is 0 Å². The molecule has 7 heteroatoms. The van der Waals surface area contributed by atoms with E-state index in [1.165, 1.54) is 5.01 Å². The van der Waals surface area contributed by atoms with Gasteiger partial charge >= 0.3 is 0 Å². The van der Waals surface area contributed by atoms with Crippen molar-refractivity contribution in [3.05, 3.63) is 38.5 Å². The first-order valence-electron chi connectivity index (χ1n) is 8.64. The number of rotatable bonds is 8. The molecule has 1 atom stereocenters. The predicted molar refractivity (Wildman–Crippen MR) is 108 cm³/mol. The van der Waals surface area contributed by atoms with E-state index in [4.69, 9.17) is 0 Å². The number of hydrogen-bond acceptors (Lipinski definition) is 5. The van der Waals surface area contributed by atoms with Crippen LogP contribution in [0.25, 0.3) is 0 Å². The van der Waals surface area contributed by atoms with Crippen LogP contribution in [0.3, 0.4) is 0 Å². The summed E-state index contributed by atoms with van der Waals surface area (Å²) in [5, 5.41) is 24.4. The Balaban J connectivity index is 1.89. The van der Waals surface area contributed by atoms with Gasteiger partial charge in [-0.15, -0.1) is 11.3 Å². The monoisotopic (exact) mass is 380 g/mol. The summed E-state index contributed by atoms with van der Waals surface area (Å²) in [5.41, 5.74) is 1.06. The van der Waals surface area contributed by atoms with Crippen LogP contribution in [0, 0.1) is 0 Å². The van der Waals surface area contributed by atoms with Crippen LogP contribution in [0.4, 0.5) is 0 Å². The van der Waals surface area contributed by atoms with Crippen LogP contribution >= 0.6 is 22.7 Å². The first kappa shape index (κ1) is 19.9. The van der Waals surface area contributed by atoms with E-state index in [0.29, 0.717) is 12.5 Å². The molecule has 0 saturated heterocycles. The number of thiazole rings is 1. The summed E-state index contributed by atoms with van der Waals surface area (Å²) in [7, 11) is 0. The van der Waals surface area contributed by atoms with Crippen molar-refractivity contribution in [1.82, 2.24) is 15.6 Å². The van der Waals surface area contributed by atoms with E-state index in [0.717, 1.165) is 36.7 Å². The van der Waals surface area contributed by atoms with Crippen molar-refractivity contribution in [3.63, 3.8) is 0 Å². The second kappa shape index (κ2) is 9.31. The van der Waals surface area contributed by atoms with Gasteiger partial charge in [0, 0.05) is 30.8 Å². The van der Waals surface area contributed by atoms with Crippen molar-refractivity contribution in [2.75, 3.05) is 19.6 Å². The van der Waals surface area contributed by atoms with E-state index in [1.54, 1.807) is 29.6 Å². The fourth-order valence-electron chi connectivity index (χ4n) is 2.25. The molecule has 0 spiro atoms. The smallest absolute Gasteiger partial charge is 0.191 e. The van der Waals surface area contributed by atoms with Gasteiger partial charge in [0.15, 0.2) is 5.96 Å². The number of nitrogens with zero attached hydrogens (tertiary/aromatic N) is 2. The molecular formula is C18H28N4OS2. The van der Waals surface area contributed by atoms with Crippen LogP contribution in [-0.2, 0) is 12.0 Å². The number of guanidine groups is 1. The lowest BCUT2D eigenvalue weighted by Crippen LogP contribution is -2.39. The normalized spacial score (nSPS) is 14.6. The molecule has 1 unspecified atom stereocenters. The van der Waals surface area contributed by atoms with Gasteiger partial charge in [-0.1, -0.05) is 13.8 Å². The lowest BCUT2D eigenvalue weighted by molar-refractivity contribution is 0.0677. The van der Waals surface area contributed by atoms with E-state index in [9.17, 15) is 5.11 Å². The molecule has 0 aliphatic heterocycles. The maximum atomic E-state index is 10.6. The molecule has 0 aliphatic rings. The molecule has 0 radical (unpaired) electrons. The van der Waals surface area contributed by atoms with Crippen molar-refractivity contribution in [3.8, 4) is 0 Å². The zero-order chi connectivity index (χ0) is 18.3. The van der Waals surface area contributed by atoms with Gasteiger partial charge in [-0.05, 0) is 36.2 Å². The van der Waals surface area contributed by atoms with Crippen molar-refractivity contribution in [2.45, 2.75) is 45.6 Å². The lowest BCUT2D eigenvalue weighted by Gasteiger charge is -2.21. The van der Waals surface area contributed by atoms with Crippen molar-refractivity contribution in [1.29, 1.82) is 0 Å². The van der Waals surface area contributed by atoms with Crippen LogP contribution in [0.2, 0.25) is 0 Å². The molecule has 2 aromatic heterocycles. The van der Waals surface area contributed by atoms with E-state index in [2.05, 4.69) is 39.8 Å². The molecule has 0 aliphatic carbocycles. The van der Waals surface area contributed by atoms with Gasteiger partial charge in [0.1, 0.15) is 5.60 Å². The largest absolute Gasteiger partial charge is 0.383 e. The van der Waals surface area contributed by atoms with Crippen LogP contribution in [0.5, 0.6) is 0 Å². The minimum absolute atomic E-state index is 0.313.